The molecule has 0 bridgehead atoms. The molecule has 0 saturated carbocycles. The zero-order chi connectivity index (χ0) is 47.8. The SMILES string of the molecule is C=Cc1c(C=C)c(-c2ccccc2)c2c(c1-c1ccccc1)-c1cccc3c(-c4ccc5c6c(-c7ccccc7)c7c8cccc9c(C#N)ccc(c7c(-c7ccccc7)c6c6cccc4c65)c98)ccc-2c13. The smallest absolute Gasteiger partial charge is 0.0998 e. The first-order valence-electron chi connectivity index (χ1n) is 24.7. The monoisotopic (exact) mass is 907 g/mol. The minimum absolute atomic E-state index is 0.698. The molecule has 0 amide bonds. The van der Waals surface area contributed by atoms with Crippen molar-refractivity contribution in [3.8, 4) is 84.0 Å². The Hall–Kier alpha value is -9.61. The van der Waals surface area contributed by atoms with Crippen molar-refractivity contribution in [1.29, 1.82) is 5.26 Å². The fourth-order valence-electron chi connectivity index (χ4n) is 13.2. The molecule has 0 spiro atoms. The van der Waals surface area contributed by atoms with Crippen molar-refractivity contribution in [3.63, 3.8) is 0 Å². The first kappa shape index (κ1) is 40.3. The van der Waals surface area contributed by atoms with Gasteiger partial charge in [-0.05, 0) is 165 Å². The summed E-state index contributed by atoms with van der Waals surface area (Å²) < 4.78 is 0. The molecule has 72 heavy (non-hydrogen) atoms. The topological polar surface area (TPSA) is 23.8 Å². The Morgan fingerprint density at radius 1 is 0.264 bits per heavy atom. The summed E-state index contributed by atoms with van der Waals surface area (Å²) >= 11 is 0. The number of hydrogen-bond acceptors (Lipinski definition) is 1. The highest BCUT2D eigenvalue weighted by Crippen LogP contribution is 2.60. The predicted molar refractivity (Wildman–Crippen MR) is 308 cm³/mol. The van der Waals surface area contributed by atoms with Gasteiger partial charge in [-0.25, -0.2) is 0 Å². The first-order valence-corrected chi connectivity index (χ1v) is 24.7. The average molecular weight is 908 g/mol. The van der Waals surface area contributed by atoms with E-state index < -0.39 is 0 Å². The molecule has 14 aromatic rings. The number of fused-ring (bicyclic) bond motifs is 9. The highest BCUT2D eigenvalue weighted by atomic mass is 14.4. The van der Waals surface area contributed by atoms with Crippen molar-refractivity contribution < 1.29 is 0 Å². The molecule has 1 aliphatic rings. The molecule has 0 aliphatic heterocycles. The molecule has 1 aliphatic carbocycles. The summed E-state index contributed by atoms with van der Waals surface area (Å²) in [5.74, 6) is 0. The molecule has 14 aromatic carbocycles. The Balaban J connectivity index is 1.08. The summed E-state index contributed by atoms with van der Waals surface area (Å²) in [5.41, 5.74) is 19.8. The molecule has 0 heterocycles. The largest absolute Gasteiger partial charge is 0.192 e. The van der Waals surface area contributed by atoms with Crippen LogP contribution < -0.4 is 0 Å². The van der Waals surface area contributed by atoms with Crippen molar-refractivity contribution >= 4 is 87.6 Å². The standard InChI is InChI=1S/C71H41N/c1-3-46-47(4-2)60(42-22-11-6-12-23-42)67-57-38-36-49(51-29-18-32-54(64(51)57)66(67)59(46)41-20-9-5-10-21-41)50-37-39-58-65-52(50)30-19-33-55(65)69-62(44-26-15-8-16-27-44)70-56-35-34-45(40-72)48-28-17-31-53(63(48)56)68(70)61(71(58)69)43-24-13-7-14-25-43/h3-39H,1-2H2. The molecule has 0 fully saturated rings. The van der Waals surface area contributed by atoms with Gasteiger partial charge >= 0.3 is 0 Å². The number of benzene rings is 12. The molecule has 0 atom stereocenters. The lowest BCUT2D eigenvalue weighted by atomic mass is 9.80. The molecule has 0 unspecified atom stereocenters. The summed E-state index contributed by atoms with van der Waals surface area (Å²) in [5, 5.41) is 27.4. The van der Waals surface area contributed by atoms with Gasteiger partial charge in [0.25, 0.3) is 0 Å². The van der Waals surface area contributed by atoms with E-state index in [9.17, 15) is 5.26 Å². The Bertz CT molecular complexity index is 4490. The molecular weight excluding hydrogens is 867 g/mol. The Labute approximate surface area is 416 Å². The van der Waals surface area contributed by atoms with Crippen LogP contribution in [0.15, 0.2) is 225 Å². The maximum atomic E-state index is 10.4. The van der Waals surface area contributed by atoms with Crippen LogP contribution in [0.5, 0.6) is 0 Å². The molecule has 15 rings (SSSR count). The van der Waals surface area contributed by atoms with Crippen molar-refractivity contribution in [2.45, 2.75) is 0 Å². The highest BCUT2D eigenvalue weighted by Gasteiger charge is 2.33. The zero-order valence-corrected chi connectivity index (χ0v) is 39.2. The minimum atomic E-state index is 0.698. The van der Waals surface area contributed by atoms with Crippen LogP contribution in [-0.4, -0.2) is 0 Å². The summed E-state index contributed by atoms with van der Waals surface area (Å²) in [6.07, 6.45) is 4.05. The Morgan fingerprint density at radius 3 is 1.08 bits per heavy atom. The van der Waals surface area contributed by atoms with E-state index in [0.717, 1.165) is 33.0 Å². The van der Waals surface area contributed by atoms with Gasteiger partial charge in [0.2, 0.25) is 0 Å². The van der Waals surface area contributed by atoms with E-state index in [0.29, 0.717) is 5.56 Å². The Kier molecular flexibility index (Phi) is 8.50. The second kappa shape index (κ2) is 15.2. The second-order valence-electron chi connectivity index (χ2n) is 19.2. The molecule has 1 nitrogen and oxygen atoms in total. The number of nitrogens with zero attached hydrogens (tertiary/aromatic N) is 1. The summed E-state index contributed by atoms with van der Waals surface area (Å²) in [4.78, 5) is 0. The van der Waals surface area contributed by atoms with Crippen molar-refractivity contribution in [2.75, 3.05) is 0 Å². The Morgan fingerprint density at radius 2 is 0.611 bits per heavy atom. The van der Waals surface area contributed by atoms with E-state index in [1.54, 1.807) is 0 Å². The maximum Gasteiger partial charge on any atom is 0.0998 e. The van der Waals surface area contributed by atoms with Gasteiger partial charge < -0.3 is 0 Å². The van der Waals surface area contributed by atoms with Gasteiger partial charge in [0.1, 0.15) is 0 Å². The third-order valence-electron chi connectivity index (χ3n) is 15.9. The maximum absolute atomic E-state index is 10.4. The normalized spacial score (nSPS) is 12.0. The fourth-order valence-corrected chi connectivity index (χ4v) is 13.2. The highest BCUT2D eigenvalue weighted by molar-refractivity contribution is 6.47. The van der Waals surface area contributed by atoms with Gasteiger partial charge in [0.15, 0.2) is 0 Å². The molecule has 330 valence electrons. The second-order valence-corrected chi connectivity index (χ2v) is 19.2. The minimum Gasteiger partial charge on any atom is -0.192 e. The lowest BCUT2D eigenvalue weighted by Crippen LogP contribution is -1.98. The fraction of sp³-hybridized carbons (Fsp3) is 0. The number of rotatable bonds is 7. The van der Waals surface area contributed by atoms with E-state index in [1.165, 1.54) is 131 Å². The van der Waals surface area contributed by atoms with Gasteiger partial charge in [0.05, 0.1) is 11.6 Å². The van der Waals surface area contributed by atoms with E-state index in [1.807, 2.05) is 18.2 Å². The van der Waals surface area contributed by atoms with Crippen LogP contribution in [0.4, 0.5) is 0 Å². The van der Waals surface area contributed by atoms with Gasteiger partial charge in [-0.2, -0.15) is 5.26 Å². The molecule has 0 radical (unpaired) electrons. The summed E-state index contributed by atoms with van der Waals surface area (Å²) in [6, 6.07) is 80.1. The van der Waals surface area contributed by atoms with Gasteiger partial charge in [-0.3, -0.25) is 0 Å². The average Bonchev–Trinajstić information content (AvgIpc) is 4.08. The molecule has 0 saturated heterocycles. The lowest BCUT2D eigenvalue weighted by Gasteiger charge is -2.22. The van der Waals surface area contributed by atoms with Crippen LogP contribution in [0.3, 0.4) is 0 Å². The van der Waals surface area contributed by atoms with Crippen LogP contribution in [0, 0.1) is 11.3 Å². The van der Waals surface area contributed by atoms with Crippen LogP contribution >= 0.6 is 0 Å². The van der Waals surface area contributed by atoms with E-state index in [4.69, 9.17) is 0 Å². The lowest BCUT2D eigenvalue weighted by molar-refractivity contribution is 1.51. The van der Waals surface area contributed by atoms with Crippen LogP contribution in [0.2, 0.25) is 0 Å². The van der Waals surface area contributed by atoms with Gasteiger partial charge in [-0.1, -0.05) is 232 Å². The molecule has 0 aromatic heterocycles. The van der Waals surface area contributed by atoms with E-state index in [-0.39, 0.29) is 0 Å². The predicted octanol–water partition coefficient (Wildman–Crippen LogP) is 19.8. The summed E-state index contributed by atoms with van der Waals surface area (Å²) in [7, 11) is 0. The third-order valence-corrected chi connectivity index (χ3v) is 15.9. The van der Waals surface area contributed by atoms with E-state index in [2.05, 4.69) is 225 Å². The van der Waals surface area contributed by atoms with Crippen LogP contribution in [0.25, 0.3) is 165 Å². The van der Waals surface area contributed by atoms with E-state index >= 15 is 0 Å². The quantitative estimate of drug-likeness (QED) is 0.156. The first-order chi connectivity index (χ1) is 35.7. The third kappa shape index (κ3) is 5.25. The number of nitriles is 1. The van der Waals surface area contributed by atoms with Gasteiger partial charge in [-0.15, -0.1) is 0 Å². The van der Waals surface area contributed by atoms with Crippen LogP contribution in [0.1, 0.15) is 16.7 Å². The molecule has 0 N–H and O–H groups in total. The van der Waals surface area contributed by atoms with Crippen molar-refractivity contribution in [2.24, 2.45) is 0 Å². The molecular formula is C71H41N. The molecule has 1 heteroatoms. The van der Waals surface area contributed by atoms with Crippen molar-refractivity contribution in [1.82, 2.24) is 0 Å². The summed E-state index contributed by atoms with van der Waals surface area (Å²) in [6.45, 7) is 8.86. The zero-order valence-electron chi connectivity index (χ0n) is 39.2. The number of hydrogen-bond donors (Lipinski definition) is 0. The van der Waals surface area contributed by atoms with Crippen LogP contribution in [-0.2, 0) is 0 Å². The van der Waals surface area contributed by atoms with Crippen molar-refractivity contribution in [3.05, 3.63) is 242 Å². The van der Waals surface area contributed by atoms with Gasteiger partial charge in [0, 0.05) is 5.39 Å².